The topological polar surface area (TPSA) is 75.4 Å². The Labute approximate surface area is 109 Å². The largest absolute Gasteiger partial charge is 0.326 e. The number of hydrogen-bond donors (Lipinski definition) is 2. The molecule has 0 aromatic heterocycles. The average molecular weight is 271 g/mol. The van der Waals surface area contributed by atoms with Gasteiger partial charge in [0.05, 0.1) is 4.90 Å². The number of nitrogens with two attached hydrogens (primary N) is 1. The lowest BCUT2D eigenvalue weighted by Gasteiger charge is -2.20. The van der Waals surface area contributed by atoms with Crippen LogP contribution in [0.1, 0.15) is 12.5 Å². The van der Waals surface area contributed by atoms with Gasteiger partial charge in [-0.3, -0.25) is 0 Å². The predicted octanol–water partition coefficient (Wildman–Crippen LogP) is 0.374. The Balaban J connectivity index is 2.80. The fraction of sp³-hybridized carbons (Fsp3) is 0.500. The summed E-state index contributed by atoms with van der Waals surface area (Å²) in [6.45, 7) is 2.67. The molecule has 0 spiro atoms. The van der Waals surface area contributed by atoms with Crippen LogP contribution in [-0.4, -0.2) is 40.0 Å². The third-order valence-electron chi connectivity index (χ3n) is 2.89. The molecule has 3 N–H and O–H groups in total. The molecule has 0 saturated heterocycles. The molecule has 1 aromatic carbocycles. The van der Waals surface area contributed by atoms with E-state index in [1.54, 1.807) is 18.2 Å². The molecule has 0 aliphatic carbocycles. The van der Waals surface area contributed by atoms with E-state index in [4.69, 9.17) is 5.73 Å². The quantitative estimate of drug-likeness (QED) is 0.784. The van der Waals surface area contributed by atoms with Crippen LogP contribution in [0.3, 0.4) is 0 Å². The zero-order valence-electron chi connectivity index (χ0n) is 11.1. The Morgan fingerprint density at radius 2 is 2.06 bits per heavy atom. The van der Waals surface area contributed by atoms with E-state index in [0.29, 0.717) is 13.1 Å². The molecule has 1 rings (SSSR count). The second-order valence-electron chi connectivity index (χ2n) is 4.52. The lowest BCUT2D eigenvalue weighted by Crippen LogP contribution is -2.38. The first-order chi connectivity index (χ1) is 8.36. The first-order valence-corrected chi connectivity index (χ1v) is 7.30. The van der Waals surface area contributed by atoms with Crippen molar-refractivity contribution in [1.82, 2.24) is 9.62 Å². The summed E-state index contributed by atoms with van der Waals surface area (Å²) < 4.78 is 26.7. The van der Waals surface area contributed by atoms with Crippen molar-refractivity contribution in [3.05, 3.63) is 29.8 Å². The van der Waals surface area contributed by atoms with Crippen LogP contribution in [0.15, 0.2) is 29.2 Å². The molecule has 0 bridgehead atoms. The van der Waals surface area contributed by atoms with Crippen LogP contribution in [0.5, 0.6) is 0 Å². The van der Waals surface area contributed by atoms with E-state index in [1.165, 1.54) is 0 Å². The van der Waals surface area contributed by atoms with Crippen LogP contribution in [0.25, 0.3) is 0 Å². The molecule has 1 atom stereocenters. The van der Waals surface area contributed by atoms with Gasteiger partial charge in [-0.05, 0) is 38.7 Å². The SMILES string of the molecule is CC(CNS(=O)(=O)c1cccc(CN)c1)N(C)C. The Morgan fingerprint density at radius 1 is 1.39 bits per heavy atom. The highest BCUT2D eigenvalue weighted by molar-refractivity contribution is 7.89. The van der Waals surface area contributed by atoms with E-state index in [1.807, 2.05) is 32.0 Å². The predicted molar refractivity (Wildman–Crippen MR) is 72.7 cm³/mol. The van der Waals surface area contributed by atoms with Crippen LogP contribution in [0, 0.1) is 0 Å². The van der Waals surface area contributed by atoms with Gasteiger partial charge in [0.15, 0.2) is 0 Å². The molecule has 0 saturated carbocycles. The number of nitrogens with one attached hydrogen (secondary N) is 1. The molecule has 102 valence electrons. The van der Waals surface area contributed by atoms with E-state index in [-0.39, 0.29) is 10.9 Å². The maximum absolute atomic E-state index is 12.1. The van der Waals surface area contributed by atoms with Gasteiger partial charge < -0.3 is 10.6 Å². The Hall–Kier alpha value is -0.950. The van der Waals surface area contributed by atoms with Gasteiger partial charge in [-0.15, -0.1) is 0 Å². The van der Waals surface area contributed by atoms with Crippen molar-refractivity contribution < 1.29 is 8.42 Å². The molecular weight excluding hydrogens is 250 g/mol. The lowest BCUT2D eigenvalue weighted by atomic mass is 10.2. The minimum atomic E-state index is -3.45. The number of rotatable bonds is 6. The van der Waals surface area contributed by atoms with E-state index in [0.717, 1.165) is 5.56 Å². The number of sulfonamides is 1. The fourth-order valence-corrected chi connectivity index (χ4v) is 2.53. The molecule has 6 heteroatoms. The van der Waals surface area contributed by atoms with Crippen molar-refractivity contribution in [3.8, 4) is 0 Å². The van der Waals surface area contributed by atoms with Crippen molar-refractivity contribution in [1.29, 1.82) is 0 Å². The van der Waals surface area contributed by atoms with Crippen molar-refractivity contribution in [2.75, 3.05) is 20.6 Å². The Morgan fingerprint density at radius 3 is 2.61 bits per heavy atom. The number of likely N-dealkylation sites (N-methyl/N-ethyl adjacent to an activating group) is 1. The first kappa shape index (κ1) is 15.1. The van der Waals surface area contributed by atoms with E-state index in [2.05, 4.69) is 4.72 Å². The van der Waals surface area contributed by atoms with Crippen molar-refractivity contribution >= 4 is 10.0 Å². The summed E-state index contributed by atoms with van der Waals surface area (Å²) in [5.74, 6) is 0. The highest BCUT2D eigenvalue weighted by Crippen LogP contribution is 2.11. The summed E-state index contributed by atoms with van der Waals surface area (Å²) in [4.78, 5) is 2.22. The molecule has 5 nitrogen and oxygen atoms in total. The first-order valence-electron chi connectivity index (χ1n) is 5.82. The minimum Gasteiger partial charge on any atom is -0.326 e. The van der Waals surface area contributed by atoms with E-state index < -0.39 is 10.0 Å². The van der Waals surface area contributed by atoms with Crippen molar-refractivity contribution in [3.63, 3.8) is 0 Å². The van der Waals surface area contributed by atoms with Gasteiger partial charge in [0.2, 0.25) is 10.0 Å². The van der Waals surface area contributed by atoms with Gasteiger partial charge in [0, 0.05) is 19.1 Å². The molecule has 0 heterocycles. The summed E-state index contributed by atoms with van der Waals surface area (Å²) in [7, 11) is 0.368. The molecule has 0 aliphatic heterocycles. The second kappa shape index (κ2) is 6.29. The molecule has 1 aromatic rings. The third kappa shape index (κ3) is 4.06. The molecule has 0 fully saturated rings. The van der Waals surface area contributed by atoms with E-state index >= 15 is 0 Å². The van der Waals surface area contributed by atoms with Gasteiger partial charge in [-0.25, -0.2) is 13.1 Å². The Bertz CT molecular complexity index is 486. The summed E-state index contributed by atoms with van der Waals surface area (Å²) in [6.07, 6.45) is 0. The maximum Gasteiger partial charge on any atom is 0.240 e. The van der Waals surface area contributed by atoms with Crippen LogP contribution in [-0.2, 0) is 16.6 Å². The summed E-state index contributed by atoms with van der Waals surface area (Å²) in [5.41, 5.74) is 6.31. The summed E-state index contributed by atoms with van der Waals surface area (Å²) in [5, 5.41) is 0. The van der Waals surface area contributed by atoms with E-state index in [9.17, 15) is 8.42 Å². The van der Waals surface area contributed by atoms with Gasteiger partial charge in [0.1, 0.15) is 0 Å². The van der Waals surface area contributed by atoms with Gasteiger partial charge in [-0.2, -0.15) is 0 Å². The second-order valence-corrected chi connectivity index (χ2v) is 6.28. The monoisotopic (exact) mass is 271 g/mol. The van der Waals surface area contributed by atoms with Crippen LogP contribution in [0.2, 0.25) is 0 Å². The van der Waals surface area contributed by atoms with Gasteiger partial charge in [-0.1, -0.05) is 12.1 Å². The molecule has 0 radical (unpaired) electrons. The van der Waals surface area contributed by atoms with Crippen molar-refractivity contribution in [2.45, 2.75) is 24.4 Å². The summed E-state index contributed by atoms with van der Waals surface area (Å²) >= 11 is 0. The number of nitrogens with zero attached hydrogens (tertiary/aromatic N) is 1. The highest BCUT2D eigenvalue weighted by Gasteiger charge is 2.15. The number of benzene rings is 1. The average Bonchev–Trinajstić information content (AvgIpc) is 2.36. The Kier molecular flexibility index (Phi) is 5.28. The number of hydrogen-bond acceptors (Lipinski definition) is 4. The fourth-order valence-electron chi connectivity index (χ4n) is 1.34. The zero-order chi connectivity index (χ0) is 13.8. The van der Waals surface area contributed by atoms with Crippen LogP contribution in [0.4, 0.5) is 0 Å². The maximum atomic E-state index is 12.1. The summed E-state index contributed by atoms with van der Waals surface area (Å²) in [6, 6.07) is 6.82. The standard InChI is InChI=1S/C12H21N3O2S/c1-10(15(2)3)9-14-18(16,17)12-6-4-5-11(7-12)8-13/h4-7,10,14H,8-9,13H2,1-3H3. The molecular formula is C12H21N3O2S. The molecule has 1 unspecified atom stereocenters. The smallest absolute Gasteiger partial charge is 0.240 e. The van der Waals surface area contributed by atoms with Crippen molar-refractivity contribution in [2.24, 2.45) is 5.73 Å². The van der Waals surface area contributed by atoms with Crippen LogP contribution < -0.4 is 10.5 Å². The highest BCUT2D eigenvalue weighted by atomic mass is 32.2. The minimum absolute atomic E-state index is 0.137. The zero-order valence-corrected chi connectivity index (χ0v) is 11.9. The van der Waals surface area contributed by atoms with Crippen LogP contribution >= 0.6 is 0 Å². The normalized spacial score (nSPS) is 13.8. The van der Waals surface area contributed by atoms with Gasteiger partial charge >= 0.3 is 0 Å². The molecule has 18 heavy (non-hydrogen) atoms. The third-order valence-corrected chi connectivity index (χ3v) is 4.32. The lowest BCUT2D eigenvalue weighted by molar-refractivity contribution is 0.314. The molecule has 0 aliphatic rings. The van der Waals surface area contributed by atoms with Gasteiger partial charge in [0.25, 0.3) is 0 Å². The molecule has 0 amide bonds.